The highest BCUT2D eigenvalue weighted by molar-refractivity contribution is 5.84. The largest absolute Gasteiger partial charge is 0.457 e. The Morgan fingerprint density at radius 3 is 2.12 bits per heavy atom. The lowest BCUT2D eigenvalue weighted by atomic mass is 9.69. The zero-order valence-corrected chi connectivity index (χ0v) is 28.9. The van der Waals surface area contributed by atoms with Crippen LogP contribution in [-0.4, -0.2) is 73.7 Å². The topological polar surface area (TPSA) is 97.4 Å². The van der Waals surface area contributed by atoms with Crippen LogP contribution in [0.4, 0.5) is 4.79 Å². The van der Waals surface area contributed by atoms with Crippen molar-refractivity contribution in [2.24, 2.45) is 11.8 Å². The van der Waals surface area contributed by atoms with Gasteiger partial charge < -0.3 is 29.3 Å². The summed E-state index contributed by atoms with van der Waals surface area (Å²) in [5.41, 5.74) is 1.80. The minimum atomic E-state index is -0.713. The summed E-state index contributed by atoms with van der Waals surface area (Å²) in [5, 5.41) is 3.29. The summed E-state index contributed by atoms with van der Waals surface area (Å²) >= 11 is 0. The number of carbonyl (C=O) groups excluding carboxylic acids is 3. The Labute approximate surface area is 284 Å². The molecule has 0 radical (unpaired) electrons. The second kappa shape index (κ2) is 15.2. The van der Waals surface area contributed by atoms with Crippen LogP contribution in [0.3, 0.4) is 0 Å². The van der Waals surface area contributed by atoms with E-state index >= 15 is 0 Å². The number of para-hydroxylation sites is 2. The third kappa shape index (κ3) is 8.19. The Kier molecular flexibility index (Phi) is 11.1. The summed E-state index contributed by atoms with van der Waals surface area (Å²) in [4.78, 5) is 44.6. The lowest BCUT2D eigenvalue weighted by Gasteiger charge is -2.42. The fourth-order valence-electron chi connectivity index (χ4n) is 6.96. The molecule has 2 atom stereocenters. The minimum absolute atomic E-state index is 0.105. The van der Waals surface area contributed by atoms with E-state index < -0.39 is 28.9 Å². The van der Waals surface area contributed by atoms with Crippen LogP contribution in [0.2, 0.25) is 0 Å². The Morgan fingerprint density at radius 2 is 1.50 bits per heavy atom. The molecule has 1 saturated heterocycles. The van der Waals surface area contributed by atoms with Crippen LogP contribution in [0.25, 0.3) is 0 Å². The molecular formula is C39H49N3O6. The molecule has 3 aromatic carbocycles. The highest BCUT2D eigenvalue weighted by Gasteiger charge is 2.44. The molecule has 0 bridgehead atoms. The fourth-order valence-corrected chi connectivity index (χ4v) is 6.96. The molecule has 0 spiro atoms. The van der Waals surface area contributed by atoms with Crippen LogP contribution >= 0.6 is 0 Å². The van der Waals surface area contributed by atoms with E-state index in [9.17, 15) is 14.4 Å². The summed E-state index contributed by atoms with van der Waals surface area (Å²) in [6.07, 6.45) is 2.34. The van der Waals surface area contributed by atoms with Crippen molar-refractivity contribution in [1.29, 1.82) is 0 Å². The lowest BCUT2D eigenvalue weighted by molar-refractivity contribution is -0.138. The highest BCUT2D eigenvalue weighted by Crippen LogP contribution is 2.50. The molecule has 1 N–H and O–H groups in total. The van der Waals surface area contributed by atoms with Crippen molar-refractivity contribution in [2.45, 2.75) is 64.0 Å². The van der Waals surface area contributed by atoms with Crippen molar-refractivity contribution in [2.75, 3.05) is 40.4 Å². The number of methoxy groups -OCH3 is 1. The summed E-state index contributed by atoms with van der Waals surface area (Å²) < 4.78 is 17.4. The van der Waals surface area contributed by atoms with Crippen LogP contribution in [-0.2, 0) is 31.0 Å². The molecule has 2 aliphatic rings. The van der Waals surface area contributed by atoms with Gasteiger partial charge in [-0.05, 0) is 64.2 Å². The predicted molar refractivity (Wildman–Crippen MR) is 185 cm³/mol. The van der Waals surface area contributed by atoms with Gasteiger partial charge in [-0.2, -0.15) is 0 Å². The zero-order chi connectivity index (χ0) is 34.3. The maximum atomic E-state index is 14.2. The van der Waals surface area contributed by atoms with E-state index in [4.69, 9.17) is 14.2 Å². The van der Waals surface area contributed by atoms with Gasteiger partial charge in [-0.25, -0.2) is 4.79 Å². The van der Waals surface area contributed by atoms with E-state index in [0.29, 0.717) is 26.1 Å². The maximum Gasteiger partial charge on any atom is 0.410 e. The number of carbonyl (C=O) groups is 3. The van der Waals surface area contributed by atoms with Crippen LogP contribution < -0.4 is 10.1 Å². The van der Waals surface area contributed by atoms with Crippen molar-refractivity contribution < 1.29 is 28.6 Å². The van der Waals surface area contributed by atoms with Crippen molar-refractivity contribution in [3.8, 4) is 11.5 Å². The van der Waals surface area contributed by atoms with Gasteiger partial charge in [0.25, 0.3) is 0 Å². The van der Waals surface area contributed by atoms with Gasteiger partial charge in [0.2, 0.25) is 11.8 Å². The van der Waals surface area contributed by atoms with E-state index in [1.165, 1.54) is 4.90 Å². The van der Waals surface area contributed by atoms with Gasteiger partial charge >= 0.3 is 6.09 Å². The predicted octanol–water partition coefficient (Wildman–Crippen LogP) is 6.54. The number of nitrogens with zero attached hydrogens (tertiary/aromatic N) is 2. The van der Waals surface area contributed by atoms with Gasteiger partial charge in [-0.1, -0.05) is 66.7 Å². The van der Waals surface area contributed by atoms with Gasteiger partial charge in [0, 0.05) is 63.5 Å². The molecule has 3 aromatic rings. The SMILES string of the molecule is COCCCCC1(CNC(=O)C2CC(C(=O)N(C)Cc3ccccc3)CN(C(=O)OC(C)(C)C)C2)c2ccccc2Oc2ccccc21. The number of amides is 3. The summed E-state index contributed by atoms with van der Waals surface area (Å²) in [6, 6.07) is 25.8. The third-order valence-corrected chi connectivity index (χ3v) is 9.25. The summed E-state index contributed by atoms with van der Waals surface area (Å²) in [5.74, 6) is 0.108. The molecule has 256 valence electrons. The number of unbranched alkanes of at least 4 members (excludes halogenated alkanes) is 1. The molecule has 2 unspecified atom stereocenters. The molecule has 9 nitrogen and oxygen atoms in total. The van der Waals surface area contributed by atoms with Crippen LogP contribution in [0.1, 0.15) is 63.1 Å². The first-order chi connectivity index (χ1) is 23.0. The van der Waals surface area contributed by atoms with Crippen LogP contribution in [0.15, 0.2) is 78.9 Å². The average Bonchev–Trinajstić information content (AvgIpc) is 3.08. The molecule has 0 aromatic heterocycles. The molecule has 0 aliphatic carbocycles. The zero-order valence-electron chi connectivity index (χ0n) is 28.9. The van der Waals surface area contributed by atoms with Gasteiger partial charge in [-0.15, -0.1) is 0 Å². The average molecular weight is 656 g/mol. The van der Waals surface area contributed by atoms with Crippen LogP contribution in [0.5, 0.6) is 11.5 Å². The first kappa shape index (κ1) is 35.0. The number of likely N-dealkylation sites (tertiary alicyclic amines) is 1. The third-order valence-electron chi connectivity index (χ3n) is 9.25. The number of piperidine rings is 1. The maximum absolute atomic E-state index is 14.2. The number of rotatable bonds is 11. The number of ether oxygens (including phenoxy) is 3. The summed E-state index contributed by atoms with van der Waals surface area (Å²) in [7, 11) is 3.47. The van der Waals surface area contributed by atoms with Crippen molar-refractivity contribution in [1.82, 2.24) is 15.1 Å². The van der Waals surface area contributed by atoms with E-state index in [-0.39, 0.29) is 24.9 Å². The normalized spacial score (nSPS) is 18.1. The van der Waals surface area contributed by atoms with Gasteiger partial charge in [-0.3, -0.25) is 9.59 Å². The van der Waals surface area contributed by atoms with E-state index in [1.54, 1.807) is 19.1 Å². The van der Waals surface area contributed by atoms with Gasteiger partial charge in [0.1, 0.15) is 17.1 Å². The number of hydrogen-bond acceptors (Lipinski definition) is 6. The molecule has 5 rings (SSSR count). The standard InChI is InChI=1S/C39H49N3O6/c1-38(2,3)48-37(45)42-25-29(23-30(26-42)36(44)41(4)24-28-15-7-6-8-16-28)35(43)40-27-39(21-13-14-22-46-5)31-17-9-11-19-33(31)47-34-20-12-10-18-32(34)39/h6-12,15-20,29-30H,13-14,21-27H2,1-5H3,(H,40,43). The smallest absolute Gasteiger partial charge is 0.410 e. The highest BCUT2D eigenvalue weighted by atomic mass is 16.6. The van der Waals surface area contributed by atoms with Crippen molar-refractivity contribution in [3.05, 3.63) is 95.6 Å². The van der Waals surface area contributed by atoms with Gasteiger partial charge in [0.05, 0.1) is 11.8 Å². The number of fused-ring (bicyclic) bond motifs is 2. The molecule has 3 amide bonds. The fraction of sp³-hybridized carbons (Fsp3) is 0.462. The number of nitrogens with one attached hydrogen (secondary N) is 1. The second-order valence-electron chi connectivity index (χ2n) is 14.0. The molecule has 2 aliphatic heterocycles. The number of hydrogen-bond donors (Lipinski definition) is 1. The first-order valence-electron chi connectivity index (χ1n) is 16.9. The lowest BCUT2D eigenvalue weighted by Crippen LogP contribution is -2.54. The Morgan fingerprint density at radius 1 is 0.896 bits per heavy atom. The van der Waals surface area contributed by atoms with E-state index in [2.05, 4.69) is 17.4 Å². The van der Waals surface area contributed by atoms with Crippen molar-refractivity contribution >= 4 is 17.9 Å². The molecule has 9 heteroatoms. The van der Waals surface area contributed by atoms with E-state index in [0.717, 1.165) is 47.5 Å². The quantitative estimate of drug-likeness (QED) is 0.236. The van der Waals surface area contributed by atoms with Gasteiger partial charge in [0.15, 0.2) is 0 Å². The summed E-state index contributed by atoms with van der Waals surface area (Å²) in [6.45, 7) is 7.22. The molecule has 48 heavy (non-hydrogen) atoms. The monoisotopic (exact) mass is 655 g/mol. The van der Waals surface area contributed by atoms with E-state index in [1.807, 2.05) is 87.5 Å². The Balaban J connectivity index is 1.40. The minimum Gasteiger partial charge on any atom is -0.457 e. The number of benzene rings is 3. The Hall–Kier alpha value is -4.37. The Bertz CT molecular complexity index is 1520. The second-order valence-corrected chi connectivity index (χ2v) is 14.0. The molecule has 1 fully saturated rings. The molecule has 0 saturated carbocycles. The first-order valence-corrected chi connectivity index (χ1v) is 16.9. The molecule has 2 heterocycles. The van der Waals surface area contributed by atoms with Crippen molar-refractivity contribution in [3.63, 3.8) is 0 Å². The van der Waals surface area contributed by atoms with Crippen LogP contribution in [0, 0.1) is 11.8 Å². The molecular weight excluding hydrogens is 606 g/mol.